The molecule has 2 heteroatoms. The van der Waals surface area contributed by atoms with Gasteiger partial charge in [0.05, 0.1) is 12.5 Å². The van der Waals surface area contributed by atoms with Crippen molar-refractivity contribution in [3.8, 4) is 6.07 Å². The molecule has 0 aromatic heterocycles. The number of rotatable bonds is 3. The van der Waals surface area contributed by atoms with E-state index in [1.165, 1.54) is 0 Å². The molecule has 0 fully saturated rings. The highest BCUT2D eigenvalue weighted by atomic mass is 14.7. The van der Waals surface area contributed by atoms with Crippen LogP contribution in [-0.4, -0.2) is 5.54 Å². The normalized spacial score (nSPS) is 11.8. The third-order valence-electron chi connectivity index (χ3n) is 1.02. The van der Waals surface area contributed by atoms with Gasteiger partial charge in [0.2, 0.25) is 0 Å². The number of nitrogens with two attached hydrogens (primary N) is 1. The van der Waals surface area contributed by atoms with E-state index in [1.807, 2.05) is 32.1 Å². The zero-order valence-corrected chi connectivity index (χ0v) is 6.59. The molecule has 0 rings (SSSR count). The van der Waals surface area contributed by atoms with Crippen LogP contribution in [0.3, 0.4) is 0 Å². The van der Waals surface area contributed by atoms with Crippen molar-refractivity contribution in [2.45, 2.75) is 32.2 Å². The van der Waals surface area contributed by atoms with Gasteiger partial charge in [-0.05, 0) is 20.3 Å². The van der Waals surface area contributed by atoms with Crippen molar-refractivity contribution in [3.05, 3.63) is 12.2 Å². The molecule has 0 saturated heterocycles. The van der Waals surface area contributed by atoms with E-state index in [2.05, 4.69) is 0 Å². The molecule has 0 spiro atoms. The van der Waals surface area contributed by atoms with Crippen molar-refractivity contribution in [3.63, 3.8) is 0 Å². The Hall–Kier alpha value is -0.810. The molecule has 0 aromatic rings. The van der Waals surface area contributed by atoms with Gasteiger partial charge in [-0.2, -0.15) is 5.26 Å². The summed E-state index contributed by atoms with van der Waals surface area (Å²) < 4.78 is 0. The Labute approximate surface area is 62.3 Å². The zero-order valence-electron chi connectivity index (χ0n) is 6.59. The van der Waals surface area contributed by atoms with Crippen LogP contribution in [-0.2, 0) is 0 Å². The molecule has 0 saturated carbocycles. The van der Waals surface area contributed by atoms with E-state index in [0.717, 1.165) is 6.42 Å². The fraction of sp³-hybridized carbons (Fsp3) is 0.625. The molecule has 2 nitrogen and oxygen atoms in total. The summed E-state index contributed by atoms with van der Waals surface area (Å²) >= 11 is 0. The number of hydrogen-bond donors (Lipinski definition) is 1. The van der Waals surface area contributed by atoms with Gasteiger partial charge in [0.15, 0.2) is 0 Å². The highest BCUT2D eigenvalue weighted by Gasteiger charge is 2.05. The summed E-state index contributed by atoms with van der Waals surface area (Å²) in [6.07, 6.45) is 5.10. The van der Waals surface area contributed by atoms with E-state index in [9.17, 15) is 0 Å². The quantitative estimate of drug-likeness (QED) is 0.602. The summed E-state index contributed by atoms with van der Waals surface area (Å²) in [7, 11) is 0. The highest BCUT2D eigenvalue weighted by Crippen LogP contribution is 2.03. The third-order valence-corrected chi connectivity index (χ3v) is 1.02. The Morgan fingerprint density at radius 2 is 2.10 bits per heavy atom. The number of nitrogens with zero attached hydrogens (tertiary/aromatic N) is 1. The Balaban J connectivity index is 3.46. The second-order valence-electron chi connectivity index (χ2n) is 3.03. The second-order valence-corrected chi connectivity index (χ2v) is 3.03. The molecule has 0 heterocycles. The maximum atomic E-state index is 8.16. The minimum absolute atomic E-state index is 0.147. The second kappa shape index (κ2) is 4.08. The lowest BCUT2D eigenvalue weighted by Gasteiger charge is -2.14. The summed E-state index contributed by atoms with van der Waals surface area (Å²) in [4.78, 5) is 0. The summed E-state index contributed by atoms with van der Waals surface area (Å²) in [6, 6.07) is 2.03. The minimum atomic E-state index is -0.147. The van der Waals surface area contributed by atoms with Crippen LogP contribution in [0, 0.1) is 11.3 Å². The van der Waals surface area contributed by atoms with Gasteiger partial charge in [-0.25, -0.2) is 0 Å². The van der Waals surface area contributed by atoms with Crippen molar-refractivity contribution in [1.29, 1.82) is 5.26 Å². The summed E-state index contributed by atoms with van der Waals surface area (Å²) in [5.74, 6) is 0. The summed E-state index contributed by atoms with van der Waals surface area (Å²) in [6.45, 7) is 3.92. The largest absolute Gasteiger partial charge is 0.325 e. The van der Waals surface area contributed by atoms with Crippen LogP contribution >= 0.6 is 0 Å². The van der Waals surface area contributed by atoms with Gasteiger partial charge in [-0.1, -0.05) is 12.2 Å². The molecule has 0 aliphatic rings. The van der Waals surface area contributed by atoms with E-state index >= 15 is 0 Å². The Morgan fingerprint density at radius 3 is 2.50 bits per heavy atom. The van der Waals surface area contributed by atoms with Crippen LogP contribution in [0.15, 0.2) is 12.2 Å². The lowest BCUT2D eigenvalue weighted by molar-refractivity contribution is 0.527. The Morgan fingerprint density at radius 1 is 1.50 bits per heavy atom. The molecule has 10 heavy (non-hydrogen) atoms. The highest BCUT2D eigenvalue weighted by molar-refractivity contribution is 4.94. The van der Waals surface area contributed by atoms with Crippen LogP contribution < -0.4 is 5.73 Å². The van der Waals surface area contributed by atoms with Crippen LogP contribution in [0.5, 0.6) is 0 Å². The smallest absolute Gasteiger partial charge is 0.0663 e. The summed E-state index contributed by atoms with van der Waals surface area (Å²) in [5, 5.41) is 8.16. The maximum Gasteiger partial charge on any atom is 0.0663 e. The standard InChI is InChI=1S/C8H14N2/c1-8(2,10)6-4-3-5-7-9/h3-4H,5-6,10H2,1-2H3/b4-3+. The van der Waals surface area contributed by atoms with Crippen LogP contribution in [0.4, 0.5) is 0 Å². The number of allylic oxidation sites excluding steroid dienone is 1. The first-order valence-corrected chi connectivity index (χ1v) is 3.37. The minimum Gasteiger partial charge on any atom is -0.325 e. The molecule has 0 radical (unpaired) electrons. The van der Waals surface area contributed by atoms with Crippen LogP contribution in [0.2, 0.25) is 0 Å². The lowest BCUT2D eigenvalue weighted by Crippen LogP contribution is -2.30. The third kappa shape index (κ3) is 7.19. The fourth-order valence-corrected chi connectivity index (χ4v) is 0.523. The van der Waals surface area contributed by atoms with Gasteiger partial charge >= 0.3 is 0 Å². The van der Waals surface area contributed by atoms with Crippen molar-refractivity contribution in [1.82, 2.24) is 0 Å². The average Bonchev–Trinajstić information content (AvgIpc) is 1.78. The fourth-order valence-electron chi connectivity index (χ4n) is 0.523. The molecule has 56 valence electrons. The van der Waals surface area contributed by atoms with E-state index in [-0.39, 0.29) is 5.54 Å². The van der Waals surface area contributed by atoms with Crippen molar-refractivity contribution >= 4 is 0 Å². The predicted molar refractivity (Wildman–Crippen MR) is 42.3 cm³/mol. The van der Waals surface area contributed by atoms with Crippen LogP contribution in [0.25, 0.3) is 0 Å². The van der Waals surface area contributed by atoms with E-state index in [4.69, 9.17) is 11.0 Å². The van der Waals surface area contributed by atoms with Crippen LogP contribution in [0.1, 0.15) is 26.7 Å². The molecule has 0 aliphatic heterocycles. The molecular weight excluding hydrogens is 124 g/mol. The van der Waals surface area contributed by atoms with E-state index in [0.29, 0.717) is 6.42 Å². The molecule has 0 aliphatic carbocycles. The maximum absolute atomic E-state index is 8.16. The number of hydrogen-bond acceptors (Lipinski definition) is 2. The Kier molecular flexibility index (Phi) is 3.75. The number of nitriles is 1. The van der Waals surface area contributed by atoms with Gasteiger partial charge in [-0.3, -0.25) is 0 Å². The van der Waals surface area contributed by atoms with Crippen molar-refractivity contribution < 1.29 is 0 Å². The molecular formula is C8H14N2. The SMILES string of the molecule is CC(C)(N)C/C=C/CC#N. The van der Waals surface area contributed by atoms with Crippen molar-refractivity contribution in [2.24, 2.45) is 5.73 Å². The van der Waals surface area contributed by atoms with E-state index in [1.54, 1.807) is 0 Å². The first-order chi connectivity index (χ1) is 4.56. The average molecular weight is 138 g/mol. The molecule has 0 amide bonds. The molecule has 0 atom stereocenters. The topological polar surface area (TPSA) is 49.8 Å². The van der Waals surface area contributed by atoms with E-state index < -0.39 is 0 Å². The van der Waals surface area contributed by atoms with Crippen molar-refractivity contribution in [2.75, 3.05) is 0 Å². The predicted octanol–water partition coefficient (Wildman–Crippen LogP) is 1.58. The zero-order chi connectivity index (χ0) is 8.04. The first kappa shape index (κ1) is 9.19. The Bertz CT molecular complexity index is 146. The molecule has 0 aromatic carbocycles. The van der Waals surface area contributed by atoms with Gasteiger partial charge < -0.3 is 5.73 Å². The summed E-state index contributed by atoms with van der Waals surface area (Å²) in [5.41, 5.74) is 5.54. The molecule has 2 N–H and O–H groups in total. The molecule has 0 bridgehead atoms. The monoisotopic (exact) mass is 138 g/mol. The van der Waals surface area contributed by atoms with Gasteiger partial charge in [0.25, 0.3) is 0 Å². The lowest BCUT2D eigenvalue weighted by atomic mass is 10.0. The molecule has 0 unspecified atom stereocenters. The van der Waals surface area contributed by atoms with Gasteiger partial charge in [0.1, 0.15) is 0 Å². The van der Waals surface area contributed by atoms with Gasteiger partial charge in [-0.15, -0.1) is 0 Å². The van der Waals surface area contributed by atoms with Gasteiger partial charge in [0, 0.05) is 5.54 Å². The first-order valence-electron chi connectivity index (χ1n) is 3.37.